The van der Waals surface area contributed by atoms with Crippen LogP contribution in [0.3, 0.4) is 0 Å². The molecule has 0 amide bonds. The van der Waals surface area contributed by atoms with Gasteiger partial charge in [0, 0.05) is 42.0 Å². The molecular formula is C17H23N3O2S. The Balaban J connectivity index is 1.76. The SMILES string of the molecule is Cc1cc(CN2CCCC(c3nn(C)cc3C(=O)O)C2)c(C)s1. The van der Waals surface area contributed by atoms with Gasteiger partial charge < -0.3 is 5.11 Å². The van der Waals surface area contributed by atoms with Crippen LogP contribution >= 0.6 is 11.3 Å². The Kier molecular flexibility index (Phi) is 4.55. The molecule has 2 aromatic rings. The highest BCUT2D eigenvalue weighted by Crippen LogP contribution is 2.30. The summed E-state index contributed by atoms with van der Waals surface area (Å²) in [5.41, 5.74) is 2.48. The predicted octanol–water partition coefficient (Wildman–Crippen LogP) is 3.18. The average Bonchev–Trinajstić information content (AvgIpc) is 3.02. The van der Waals surface area contributed by atoms with Gasteiger partial charge in [-0.25, -0.2) is 4.79 Å². The maximum absolute atomic E-state index is 11.4. The number of nitrogens with zero attached hydrogens (tertiary/aromatic N) is 3. The molecule has 0 aliphatic carbocycles. The molecule has 6 heteroatoms. The lowest BCUT2D eigenvalue weighted by atomic mass is 9.92. The highest BCUT2D eigenvalue weighted by molar-refractivity contribution is 7.12. The molecule has 1 atom stereocenters. The Hall–Kier alpha value is -1.66. The fraction of sp³-hybridized carbons (Fsp3) is 0.529. The van der Waals surface area contributed by atoms with Crippen molar-refractivity contribution >= 4 is 17.3 Å². The molecule has 1 aliphatic rings. The molecule has 3 rings (SSSR count). The van der Waals surface area contributed by atoms with E-state index in [2.05, 4.69) is 29.9 Å². The number of thiophene rings is 1. The van der Waals surface area contributed by atoms with Crippen molar-refractivity contribution in [2.24, 2.45) is 7.05 Å². The van der Waals surface area contributed by atoms with Crippen molar-refractivity contribution < 1.29 is 9.90 Å². The molecule has 1 unspecified atom stereocenters. The second kappa shape index (κ2) is 6.45. The third-order valence-corrected chi connectivity index (χ3v) is 5.53. The summed E-state index contributed by atoms with van der Waals surface area (Å²) in [5, 5.41) is 13.8. The van der Waals surface area contributed by atoms with E-state index in [0.717, 1.165) is 38.2 Å². The summed E-state index contributed by atoms with van der Waals surface area (Å²) in [4.78, 5) is 16.6. The molecule has 3 heterocycles. The maximum Gasteiger partial charge on any atom is 0.339 e. The largest absolute Gasteiger partial charge is 0.478 e. The smallest absolute Gasteiger partial charge is 0.339 e. The molecule has 0 radical (unpaired) electrons. The first-order chi connectivity index (χ1) is 10.9. The number of piperidine rings is 1. The third-order valence-electron chi connectivity index (χ3n) is 4.52. The molecule has 1 N–H and O–H groups in total. The van der Waals surface area contributed by atoms with Crippen LogP contribution in [-0.2, 0) is 13.6 Å². The minimum Gasteiger partial charge on any atom is -0.478 e. The summed E-state index contributed by atoms with van der Waals surface area (Å²) in [5.74, 6) is -0.675. The molecule has 0 bridgehead atoms. The quantitative estimate of drug-likeness (QED) is 0.933. The molecule has 0 aromatic carbocycles. The van der Waals surface area contributed by atoms with Crippen LogP contribution in [0.25, 0.3) is 0 Å². The number of aromatic carboxylic acids is 1. The van der Waals surface area contributed by atoms with E-state index in [1.165, 1.54) is 15.3 Å². The molecule has 1 aliphatic heterocycles. The Bertz CT molecular complexity index is 719. The van der Waals surface area contributed by atoms with E-state index in [1.807, 2.05) is 11.3 Å². The molecule has 5 nitrogen and oxygen atoms in total. The van der Waals surface area contributed by atoms with Crippen LogP contribution in [0.5, 0.6) is 0 Å². The van der Waals surface area contributed by atoms with E-state index in [0.29, 0.717) is 5.56 Å². The van der Waals surface area contributed by atoms with Crippen molar-refractivity contribution in [2.45, 2.75) is 39.2 Å². The number of carbonyl (C=O) groups is 1. The van der Waals surface area contributed by atoms with Crippen molar-refractivity contribution in [3.63, 3.8) is 0 Å². The molecule has 0 spiro atoms. The highest BCUT2D eigenvalue weighted by atomic mass is 32.1. The van der Waals surface area contributed by atoms with Gasteiger partial charge in [-0.2, -0.15) is 5.10 Å². The molecule has 2 aromatic heterocycles. The fourth-order valence-corrected chi connectivity index (χ4v) is 4.41. The van der Waals surface area contributed by atoms with Crippen LogP contribution in [0.15, 0.2) is 12.3 Å². The number of hydrogen-bond donors (Lipinski definition) is 1. The first-order valence-electron chi connectivity index (χ1n) is 7.99. The van der Waals surface area contributed by atoms with Crippen LogP contribution < -0.4 is 0 Å². The van der Waals surface area contributed by atoms with Crippen LogP contribution in [0.4, 0.5) is 0 Å². The lowest BCUT2D eigenvalue weighted by Gasteiger charge is -2.32. The van der Waals surface area contributed by atoms with Crippen molar-refractivity contribution in [3.8, 4) is 0 Å². The normalized spacial score (nSPS) is 19.2. The fourth-order valence-electron chi connectivity index (χ4n) is 3.48. The van der Waals surface area contributed by atoms with Crippen LogP contribution in [0.2, 0.25) is 0 Å². The molecule has 124 valence electrons. The van der Waals surface area contributed by atoms with E-state index in [-0.39, 0.29) is 5.92 Å². The molecular weight excluding hydrogens is 310 g/mol. The number of carboxylic acids is 1. The van der Waals surface area contributed by atoms with E-state index in [9.17, 15) is 9.90 Å². The van der Waals surface area contributed by atoms with E-state index in [4.69, 9.17) is 0 Å². The Morgan fingerprint density at radius 1 is 1.48 bits per heavy atom. The van der Waals surface area contributed by atoms with Gasteiger partial charge in [-0.3, -0.25) is 9.58 Å². The summed E-state index contributed by atoms with van der Waals surface area (Å²) < 4.78 is 1.62. The standard InChI is InChI=1S/C17H23N3O2S/c1-11-7-14(12(2)23-11)9-20-6-4-5-13(8-20)16-15(17(21)22)10-19(3)18-16/h7,10,13H,4-6,8-9H2,1-3H3,(H,21,22). The van der Waals surface area contributed by atoms with Gasteiger partial charge >= 0.3 is 5.97 Å². The maximum atomic E-state index is 11.4. The molecule has 1 saturated heterocycles. The van der Waals surface area contributed by atoms with Crippen molar-refractivity contribution in [1.82, 2.24) is 14.7 Å². The lowest BCUT2D eigenvalue weighted by molar-refractivity contribution is 0.0694. The topological polar surface area (TPSA) is 58.4 Å². The van der Waals surface area contributed by atoms with Crippen LogP contribution in [0, 0.1) is 13.8 Å². The van der Waals surface area contributed by atoms with Gasteiger partial charge in [0.1, 0.15) is 5.56 Å². The van der Waals surface area contributed by atoms with E-state index < -0.39 is 5.97 Å². The lowest BCUT2D eigenvalue weighted by Crippen LogP contribution is -2.34. The number of rotatable bonds is 4. The van der Waals surface area contributed by atoms with Crippen LogP contribution in [-0.4, -0.2) is 38.8 Å². The van der Waals surface area contributed by atoms with Crippen molar-refractivity contribution in [2.75, 3.05) is 13.1 Å². The molecule has 0 saturated carbocycles. The minimum atomic E-state index is -0.880. The Morgan fingerprint density at radius 3 is 2.91 bits per heavy atom. The van der Waals surface area contributed by atoms with Gasteiger partial charge in [0.25, 0.3) is 0 Å². The third kappa shape index (κ3) is 3.48. The van der Waals surface area contributed by atoms with E-state index >= 15 is 0 Å². The Morgan fingerprint density at radius 2 is 2.26 bits per heavy atom. The number of likely N-dealkylation sites (tertiary alicyclic amines) is 1. The molecule has 1 fully saturated rings. The van der Waals surface area contributed by atoms with E-state index in [1.54, 1.807) is 17.9 Å². The van der Waals surface area contributed by atoms with Crippen LogP contribution in [0.1, 0.15) is 50.1 Å². The summed E-state index contributed by atoms with van der Waals surface area (Å²) in [6, 6.07) is 2.27. The molecule has 23 heavy (non-hydrogen) atoms. The number of aromatic nitrogens is 2. The second-order valence-electron chi connectivity index (χ2n) is 6.42. The zero-order chi connectivity index (χ0) is 16.6. The zero-order valence-corrected chi connectivity index (χ0v) is 14.7. The highest BCUT2D eigenvalue weighted by Gasteiger charge is 2.28. The summed E-state index contributed by atoms with van der Waals surface area (Å²) in [7, 11) is 1.79. The summed E-state index contributed by atoms with van der Waals surface area (Å²) >= 11 is 1.84. The predicted molar refractivity (Wildman–Crippen MR) is 91.2 cm³/mol. The minimum absolute atomic E-state index is 0.205. The number of carboxylic acid groups (broad SMARTS) is 1. The summed E-state index contributed by atoms with van der Waals surface area (Å²) in [6.07, 6.45) is 3.71. The van der Waals surface area contributed by atoms with Gasteiger partial charge in [-0.1, -0.05) is 0 Å². The second-order valence-corrected chi connectivity index (χ2v) is 7.88. The number of hydrogen-bond acceptors (Lipinski definition) is 4. The van der Waals surface area contributed by atoms with Gasteiger partial charge in [0.2, 0.25) is 0 Å². The Labute approximate surface area is 140 Å². The average molecular weight is 333 g/mol. The first kappa shape index (κ1) is 16.2. The van der Waals surface area contributed by atoms with Crippen molar-refractivity contribution in [1.29, 1.82) is 0 Å². The number of aryl methyl sites for hydroxylation is 3. The van der Waals surface area contributed by atoms with Crippen molar-refractivity contribution in [3.05, 3.63) is 38.8 Å². The van der Waals surface area contributed by atoms with Gasteiger partial charge in [-0.15, -0.1) is 11.3 Å². The van der Waals surface area contributed by atoms with Gasteiger partial charge in [0.15, 0.2) is 0 Å². The van der Waals surface area contributed by atoms with Gasteiger partial charge in [0.05, 0.1) is 5.69 Å². The summed E-state index contributed by atoms with van der Waals surface area (Å²) in [6.45, 7) is 7.22. The first-order valence-corrected chi connectivity index (χ1v) is 8.80. The van der Waals surface area contributed by atoms with Gasteiger partial charge in [-0.05, 0) is 44.9 Å². The monoisotopic (exact) mass is 333 g/mol. The zero-order valence-electron chi connectivity index (χ0n) is 13.9.